The highest BCUT2D eigenvalue weighted by Gasteiger charge is 2.25. The SMILES string of the molecule is C=C[Si](C=C)(CBr)OCC. The summed E-state index contributed by atoms with van der Waals surface area (Å²) in [6.07, 6.45) is 0. The molecule has 0 amide bonds. The maximum atomic E-state index is 5.53. The normalized spacial score (nSPS) is 11.0. The van der Waals surface area contributed by atoms with Crippen molar-refractivity contribution in [1.29, 1.82) is 0 Å². The molecule has 0 atom stereocenters. The number of rotatable bonds is 5. The maximum Gasteiger partial charge on any atom is 0.250 e. The Balaban J connectivity index is 4.14. The zero-order valence-electron chi connectivity index (χ0n) is 6.27. The third-order valence-corrected chi connectivity index (χ3v) is 6.57. The number of halogens is 1. The molecule has 0 rings (SSSR count). The van der Waals surface area contributed by atoms with Crippen molar-refractivity contribution in [3.05, 3.63) is 24.6 Å². The molecule has 0 aliphatic rings. The van der Waals surface area contributed by atoms with Crippen LogP contribution in [0.15, 0.2) is 24.6 Å². The molecule has 0 saturated carbocycles. The summed E-state index contributed by atoms with van der Waals surface area (Å²) >= 11 is 3.39. The maximum absolute atomic E-state index is 5.53. The quantitative estimate of drug-likeness (QED) is 0.511. The Labute approximate surface area is 72.0 Å². The second kappa shape index (κ2) is 4.88. The van der Waals surface area contributed by atoms with E-state index in [1.54, 1.807) is 0 Å². The number of hydrogen-bond acceptors (Lipinski definition) is 1. The lowest BCUT2D eigenvalue weighted by Crippen LogP contribution is -2.36. The van der Waals surface area contributed by atoms with Gasteiger partial charge in [-0.1, -0.05) is 27.3 Å². The average molecular weight is 221 g/mol. The van der Waals surface area contributed by atoms with E-state index in [1.807, 2.05) is 18.3 Å². The van der Waals surface area contributed by atoms with Gasteiger partial charge in [0, 0.05) is 11.6 Å². The highest BCUT2D eigenvalue weighted by atomic mass is 79.9. The molecular formula is C7H13BrOSi. The molecule has 0 N–H and O–H groups in total. The minimum Gasteiger partial charge on any atom is -0.409 e. The highest BCUT2D eigenvalue weighted by molar-refractivity contribution is 9.09. The van der Waals surface area contributed by atoms with Crippen LogP contribution in [0, 0.1) is 0 Å². The van der Waals surface area contributed by atoms with Crippen molar-refractivity contribution in [1.82, 2.24) is 0 Å². The molecule has 0 heterocycles. The van der Waals surface area contributed by atoms with Crippen molar-refractivity contribution in [3.8, 4) is 0 Å². The van der Waals surface area contributed by atoms with E-state index in [2.05, 4.69) is 29.1 Å². The molecule has 0 bridgehead atoms. The molecule has 0 aliphatic heterocycles. The van der Waals surface area contributed by atoms with Gasteiger partial charge in [0.1, 0.15) is 0 Å². The van der Waals surface area contributed by atoms with Crippen molar-refractivity contribution in [3.63, 3.8) is 0 Å². The van der Waals surface area contributed by atoms with Crippen molar-refractivity contribution in [2.24, 2.45) is 0 Å². The smallest absolute Gasteiger partial charge is 0.250 e. The van der Waals surface area contributed by atoms with Gasteiger partial charge in [0.25, 0.3) is 8.32 Å². The lowest BCUT2D eigenvalue weighted by Gasteiger charge is -2.20. The fourth-order valence-electron chi connectivity index (χ4n) is 0.618. The second-order valence-electron chi connectivity index (χ2n) is 1.93. The number of hydrogen-bond donors (Lipinski definition) is 0. The summed E-state index contributed by atoms with van der Waals surface area (Å²) < 4.78 is 5.53. The molecule has 10 heavy (non-hydrogen) atoms. The van der Waals surface area contributed by atoms with Gasteiger partial charge < -0.3 is 4.43 Å². The fourth-order valence-corrected chi connectivity index (χ4v) is 3.71. The van der Waals surface area contributed by atoms with Gasteiger partial charge in [0.05, 0.1) is 0 Å². The summed E-state index contributed by atoms with van der Waals surface area (Å²) in [7, 11) is -1.77. The van der Waals surface area contributed by atoms with Crippen molar-refractivity contribution in [2.45, 2.75) is 6.92 Å². The third kappa shape index (κ3) is 2.40. The van der Waals surface area contributed by atoms with Gasteiger partial charge >= 0.3 is 0 Å². The van der Waals surface area contributed by atoms with Crippen molar-refractivity contribution >= 4 is 24.2 Å². The van der Waals surface area contributed by atoms with Gasteiger partial charge in [0.15, 0.2) is 0 Å². The topological polar surface area (TPSA) is 9.23 Å². The molecule has 0 saturated heterocycles. The summed E-state index contributed by atoms with van der Waals surface area (Å²) in [5.41, 5.74) is 3.77. The first-order valence-corrected chi connectivity index (χ1v) is 6.61. The molecule has 0 radical (unpaired) electrons. The van der Waals surface area contributed by atoms with Crippen molar-refractivity contribution in [2.75, 3.05) is 11.6 Å². The van der Waals surface area contributed by atoms with Crippen LogP contribution in [0.2, 0.25) is 0 Å². The Morgan fingerprint density at radius 3 is 2.10 bits per heavy atom. The molecule has 0 unspecified atom stereocenters. The molecule has 1 nitrogen and oxygen atoms in total. The summed E-state index contributed by atoms with van der Waals surface area (Å²) in [4.78, 5) is 0.848. The predicted octanol–water partition coefficient (Wildman–Crippen LogP) is 2.35. The summed E-state index contributed by atoms with van der Waals surface area (Å²) in [6.45, 7) is 10.2. The zero-order chi connectivity index (χ0) is 8.04. The van der Waals surface area contributed by atoms with Gasteiger partial charge in [0.2, 0.25) is 0 Å². The first-order chi connectivity index (χ1) is 4.74. The van der Waals surface area contributed by atoms with E-state index < -0.39 is 8.32 Å². The van der Waals surface area contributed by atoms with Crippen molar-refractivity contribution < 1.29 is 4.43 Å². The molecule has 0 aromatic heterocycles. The monoisotopic (exact) mass is 220 g/mol. The fraction of sp³-hybridized carbons (Fsp3) is 0.429. The van der Waals surface area contributed by atoms with Crippen LogP contribution >= 0.6 is 15.9 Å². The molecule has 58 valence electrons. The van der Waals surface area contributed by atoms with Crippen LogP contribution in [0.25, 0.3) is 0 Å². The zero-order valence-corrected chi connectivity index (χ0v) is 8.86. The number of alkyl halides is 1. The summed E-state index contributed by atoms with van der Waals surface area (Å²) in [5.74, 6) is 0. The lowest BCUT2D eigenvalue weighted by atomic mass is 10.9. The molecule has 0 spiro atoms. The Hall–Kier alpha value is 0.137. The second-order valence-corrected chi connectivity index (χ2v) is 6.89. The summed E-state index contributed by atoms with van der Waals surface area (Å²) in [5, 5.41) is 0. The molecule has 0 aromatic rings. The van der Waals surface area contributed by atoms with Crippen LogP contribution in [0.5, 0.6) is 0 Å². The van der Waals surface area contributed by atoms with Gasteiger partial charge in [-0.05, 0) is 6.92 Å². The Kier molecular flexibility index (Phi) is 4.94. The first-order valence-electron chi connectivity index (χ1n) is 3.21. The van der Waals surface area contributed by atoms with E-state index in [4.69, 9.17) is 4.43 Å². The van der Waals surface area contributed by atoms with Crippen LogP contribution in [-0.2, 0) is 4.43 Å². The van der Waals surface area contributed by atoms with E-state index >= 15 is 0 Å². The van der Waals surface area contributed by atoms with Crippen LogP contribution in [0.1, 0.15) is 6.92 Å². The first kappa shape index (κ1) is 10.1. The molecule has 0 aliphatic carbocycles. The van der Waals surface area contributed by atoms with Crippen LogP contribution in [0.4, 0.5) is 0 Å². The Bertz CT molecular complexity index is 117. The van der Waals surface area contributed by atoms with Crippen LogP contribution in [-0.4, -0.2) is 19.9 Å². The molecule has 0 aromatic carbocycles. The molecular weight excluding hydrogens is 208 g/mol. The lowest BCUT2D eigenvalue weighted by molar-refractivity contribution is 0.341. The minimum absolute atomic E-state index is 0.732. The molecule has 3 heteroatoms. The van der Waals surface area contributed by atoms with Gasteiger partial charge in [-0.15, -0.1) is 13.2 Å². The molecule has 0 fully saturated rings. The largest absolute Gasteiger partial charge is 0.409 e. The van der Waals surface area contributed by atoms with Gasteiger partial charge in [-0.25, -0.2) is 0 Å². The highest BCUT2D eigenvalue weighted by Crippen LogP contribution is 2.10. The van der Waals surface area contributed by atoms with E-state index in [-0.39, 0.29) is 0 Å². The van der Waals surface area contributed by atoms with Gasteiger partial charge in [-0.2, -0.15) is 0 Å². The third-order valence-electron chi connectivity index (χ3n) is 1.31. The van der Waals surface area contributed by atoms with E-state index in [9.17, 15) is 0 Å². The van der Waals surface area contributed by atoms with Crippen LogP contribution in [0.3, 0.4) is 0 Å². The van der Waals surface area contributed by atoms with Crippen LogP contribution < -0.4 is 0 Å². The predicted molar refractivity (Wildman–Crippen MR) is 51.6 cm³/mol. The van der Waals surface area contributed by atoms with E-state index in [0.29, 0.717) is 0 Å². The average Bonchev–Trinajstić information content (AvgIpc) is 2.01. The summed E-state index contributed by atoms with van der Waals surface area (Å²) in [6, 6.07) is 0. The Morgan fingerprint density at radius 2 is 2.00 bits per heavy atom. The van der Waals surface area contributed by atoms with Gasteiger partial charge in [-0.3, -0.25) is 0 Å². The Morgan fingerprint density at radius 1 is 1.50 bits per heavy atom. The van der Waals surface area contributed by atoms with E-state index in [0.717, 1.165) is 11.6 Å². The standard InChI is InChI=1S/C7H13BrOSi/c1-4-9-10(5-2,6-3)7-8/h5-6H,2-4,7H2,1H3. The minimum atomic E-state index is -1.77. The van der Waals surface area contributed by atoms with E-state index in [1.165, 1.54) is 0 Å².